The van der Waals surface area contributed by atoms with Gasteiger partial charge in [0.25, 0.3) is 0 Å². The largest absolute Gasteiger partial charge is 0.393 e. The van der Waals surface area contributed by atoms with Crippen LogP contribution in [0.3, 0.4) is 0 Å². The molecule has 0 saturated carbocycles. The van der Waals surface area contributed by atoms with Crippen molar-refractivity contribution in [2.45, 2.75) is 0 Å². The summed E-state index contributed by atoms with van der Waals surface area (Å²) in [6.45, 7) is 0. The predicted molar refractivity (Wildman–Crippen MR) is 98.6 cm³/mol. The van der Waals surface area contributed by atoms with Crippen LogP contribution in [0.2, 0.25) is 5.02 Å². The fraction of sp³-hybridized carbons (Fsp3) is 0. The summed E-state index contributed by atoms with van der Waals surface area (Å²) in [4.78, 5) is 8.38. The van der Waals surface area contributed by atoms with Gasteiger partial charge in [-0.1, -0.05) is 33.6 Å². The molecule has 1 heterocycles. The number of nitrogens with two attached hydrogens (primary N) is 1. The Morgan fingerprint density at radius 3 is 2.22 bits per heavy atom. The summed E-state index contributed by atoms with van der Waals surface area (Å²) in [5, 5.41) is 7.00. The Balaban J connectivity index is 1.84. The third kappa shape index (κ3) is 3.91. The molecule has 1 aromatic heterocycles. The van der Waals surface area contributed by atoms with Gasteiger partial charge >= 0.3 is 0 Å². The molecule has 0 bridgehead atoms. The van der Waals surface area contributed by atoms with E-state index in [1.807, 2.05) is 36.4 Å². The van der Waals surface area contributed by atoms with Gasteiger partial charge < -0.3 is 16.4 Å². The van der Waals surface area contributed by atoms with Gasteiger partial charge in [0, 0.05) is 20.9 Å². The highest BCUT2D eigenvalue weighted by molar-refractivity contribution is 9.10. The van der Waals surface area contributed by atoms with Crippen molar-refractivity contribution in [1.82, 2.24) is 9.97 Å². The molecule has 0 radical (unpaired) electrons. The number of nitrogen functional groups attached to an aromatic ring is 1. The first-order chi connectivity index (χ1) is 11.1. The lowest BCUT2D eigenvalue weighted by atomic mass is 10.3. The van der Waals surface area contributed by atoms with Crippen LogP contribution in [0.15, 0.2) is 59.3 Å². The highest BCUT2D eigenvalue weighted by atomic mass is 79.9. The van der Waals surface area contributed by atoms with E-state index in [0.29, 0.717) is 22.3 Å². The van der Waals surface area contributed by atoms with Crippen LogP contribution in [-0.2, 0) is 0 Å². The Morgan fingerprint density at radius 2 is 1.57 bits per heavy atom. The van der Waals surface area contributed by atoms with E-state index >= 15 is 0 Å². The number of nitrogens with one attached hydrogen (secondary N) is 2. The lowest BCUT2D eigenvalue weighted by Gasteiger charge is -2.12. The van der Waals surface area contributed by atoms with Crippen LogP contribution in [0.5, 0.6) is 0 Å². The Hall–Kier alpha value is -2.31. The molecule has 3 aromatic rings. The maximum atomic E-state index is 6.16. The second-order valence-corrected chi connectivity index (χ2v) is 6.10. The van der Waals surface area contributed by atoms with Gasteiger partial charge in [-0.2, -0.15) is 0 Å². The second kappa shape index (κ2) is 6.85. The van der Waals surface area contributed by atoms with Crippen molar-refractivity contribution < 1.29 is 0 Å². The van der Waals surface area contributed by atoms with Crippen LogP contribution in [0.4, 0.5) is 28.7 Å². The fourth-order valence-electron chi connectivity index (χ4n) is 1.97. The van der Waals surface area contributed by atoms with E-state index in [4.69, 9.17) is 17.3 Å². The maximum Gasteiger partial charge on any atom is 0.159 e. The fourth-order valence-corrected chi connectivity index (χ4v) is 2.49. The molecule has 0 aliphatic carbocycles. The first kappa shape index (κ1) is 15.6. The monoisotopic (exact) mass is 389 g/mol. The smallest absolute Gasteiger partial charge is 0.159 e. The molecule has 0 fully saturated rings. The van der Waals surface area contributed by atoms with Crippen molar-refractivity contribution in [1.29, 1.82) is 0 Å². The molecular formula is C16H13BrClN5. The minimum Gasteiger partial charge on any atom is -0.393 e. The predicted octanol–water partition coefficient (Wildman–Crippen LogP) is 4.96. The molecule has 7 heteroatoms. The number of hydrogen-bond acceptors (Lipinski definition) is 5. The number of aromatic nitrogens is 2. The summed E-state index contributed by atoms with van der Waals surface area (Å²) in [7, 11) is 0. The topological polar surface area (TPSA) is 75.9 Å². The average molecular weight is 391 g/mol. The number of nitrogens with zero attached hydrogens (tertiary/aromatic N) is 2. The van der Waals surface area contributed by atoms with Gasteiger partial charge in [-0.3, -0.25) is 0 Å². The zero-order valence-electron chi connectivity index (χ0n) is 11.9. The van der Waals surface area contributed by atoms with E-state index in [0.717, 1.165) is 15.8 Å². The van der Waals surface area contributed by atoms with Gasteiger partial charge in [0.2, 0.25) is 0 Å². The Bertz CT molecular complexity index is 823. The molecule has 5 nitrogen and oxygen atoms in total. The summed E-state index contributed by atoms with van der Waals surface area (Å²) in [6, 6.07) is 15.0. The van der Waals surface area contributed by atoms with Gasteiger partial charge in [-0.05, 0) is 42.5 Å². The normalized spacial score (nSPS) is 10.3. The van der Waals surface area contributed by atoms with Gasteiger partial charge in [0.1, 0.15) is 12.0 Å². The summed E-state index contributed by atoms with van der Waals surface area (Å²) in [5.41, 5.74) is 8.31. The van der Waals surface area contributed by atoms with Crippen molar-refractivity contribution in [3.8, 4) is 0 Å². The second-order valence-electron chi connectivity index (χ2n) is 4.75. The molecule has 116 valence electrons. The van der Waals surface area contributed by atoms with Gasteiger partial charge in [0.05, 0.1) is 0 Å². The molecule has 0 aliphatic heterocycles. The highest BCUT2D eigenvalue weighted by Gasteiger charge is 2.09. The number of hydrogen-bond donors (Lipinski definition) is 3. The Kier molecular flexibility index (Phi) is 4.64. The van der Waals surface area contributed by atoms with Gasteiger partial charge in [0.15, 0.2) is 11.6 Å². The molecular weight excluding hydrogens is 378 g/mol. The summed E-state index contributed by atoms with van der Waals surface area (Å²) in [6.07, 6.45) is 1.45. The number of halogens is 2. The van der Waals surface area contributed by atoms with Crippen molar-refractivity contribution in [2.24, 2.45) is 0 Å². The molecule has 3 rings (SSSR count). The Labute approximate surface area is 147 Å². The zero-order valence-corrected chi connectivity index (χ0v) is 14.3. The summed E-state index contributed by atoms with van der Waals surface area (Å²) in [5.74, 6) is 1.06. The van der Waals surface area contributed by atoms with Crippen molar-refractivity contribution >= 4 is 56.2 Å². The third-order valence-electron chi connectivity index (χ3n) is 3.08. The maximum absolute atomic E-state index is 6.16. The highest BCUT2D eigenvalue weighted by Crippen LogP contribution is 2.29. The first-order valence-electron chi connectivity index (χ1n) is 6.77. The van der Waals surface area contributed by atoms with Gasteiger partial charge in [-0.25, -0.2) is 9.97 Å². The van der Waals surface area contributed by atoms with Crippen molar-refractivity contribution in [2.75, 3.05) is 16.4 Å². The van der Waals surface area contributed by atoms with E-state index < -0.39 is 0 Å². The quantitative estimate of drug-likeness (QED) is 0.587. The van der Waals surface area contributed by atoms with Crippen molar-refractivity contribution in [3.63, 3.8) is 0 Å². The molecule has 0 spiro atoms. The van der Waals surface area contributed by atoms with E-state index in [2.05, 4.69) is 36.5 Å². The molecule has 2 aromatic carbocycles. The van der Waals surface area contributed by atoms with Crippen molar-refractivity contribution in [3.05, 3.63) is 64.4 Å². The van der Waals surface area contributed by atoms with Gasteiger partial charge in [-0.15, -0.1) is 0 Å². The lowest BCUT2D eigenvalue weighted by Crippen LogP contribution is -2.05. The minimum atomic E-state index is 0.433. The zero-order chi connectivity index (χ0) is 16.2. The average Bonchev–Trinajstić information content (AvgIpc) is 2.53. The summed E-state index contributed by atoms with van der Waals surface area (Å²) < 4.78 is 0.967. The summed E-state index contributed by atoms with van der Waals surface area (Å²) >= 11 is 9.31. The number of benzene rings is 2. The van der Waals surface area contributed by atoms with E-state index in [1.165, 1.54) is 6.33 Å². The molecule has 0 unspecified atom stereocenters. The van der Waals surface area contributed by atoms with Crippen LogP contribution >= 0.6 is 27.5 Å². The van der Waals surface area contributed by atoms with Crippen LogP contribution in [0, 0.1) is 0 Å². The standard InChI is InChI=1S/C16H13BrClN5/c17-10-2-1-3-13(8-10)23-16-14(19)15(20-9-21-16)22-12-6-4-11(18)5-7-12/h1-9H,19H2,(H2,20,21,22,23). The van der Waals surface area contributed by atoms with E-state index in [-0.39, 0.29) is 0 Å². The van der Waals surface area contributed by atoms with Crippen LogP contribution in [-0.4, -0.2) is 9.97 Å². The Morgan fingerprint density at radius 1 is 0.913 bits per heavy atom. The molecule has 0 amide bonds. The van der Waals surface area contributed by atoms with E-state index in [9.17, 15) is 0 Å². The SMILES string of the molecule is Nc1c(Nc2ccc(Cl)cc2)ncnc1Nc1cccc(Br)c1. The molecule has 0 saturated heterocycles. The molecule has 0 aliphatic rings. The lowest BCUT2D eigenvalue weighted by molar-refractivity contribution is 1.17. The molecule has 0 atom stereocenters. The molecule has 23 heavy (non-hydrogen) atoms. The van der Waals surface area contributed by atoms with Crippen LogP contribution in [0.1, 0.15) is 0 Å². The minimum absolute atomic E-state index is 0.433. The third-order valence-corrected chi connectivity index (χ3v) is 3.82. The number of anilines is 5. The van der Waals surface area contributed by atoms with Crippen LogP contribution < -0.4 is 16.4 Å². The first-order valence-corrected chi connectivity index (χ1v) is 7.94. The molecule has 4 N–H and O–H groups in total. The van der Waals surface area contributed by atoms with Crippen LogP contribution in [0.25, 0.3) is 0 Å². The number of rotatable bonds is 4. The van der Waals surface area contributed by atoms with E-state index in [1.54, 1.807) is 12.1 Å².